The van der Waals surface area contributed by atoms with Crippen LogP contribution < -0.4 is 20.2 Å². The number of halogens is 5. The molecule has 198 valence electrons. The molecule has 1 heterocycles. The van der Waals surface area contributed by atoms with Crippen LogP contribution in [-0.2, 0) is 11.0 Å². The van der Waals surface area contributed by atoms with E-state index >= 15 is 0 Å². The average Bonchev–Trinajstić information content (AvgIpc) is 2.86. The molecule has 11 heteroatoms. The molecule has 1 aromatic heterocycles. The highest BCUT2D eigenvalue weighted by Gasteiger charge is 2.40. The highest BCUT2D eigenvalue weighted by Crippen LogP contribution is 2.40. The normalized spacial score (nSPS) is 11.6. The van der Waals surface area contributed by atoms with E-state index in [1.807, 2.05) is 13.8 Å². The van der Waals surface area contributed by atoms with Crippen LogP contribution in [-0.4, -0.2) is 12.5 Å². The minimum atomic E-state index is -5.02. The second-order valence-corrected chi connectivity index (χ2v) is 9.32. The van der Waals surface area contributed by atoms with Gasteiger partial charge in [0, 0.05) is 11.8 Å². The molecular formula is C27H20Cl2F3NO5. The highest BCUT2D eigenvalue weighted by atomic mass is 35.5. The Bertz CT molecular complexity index is 1570. The van der Waals surface area contributed by atoms with Crippen LogP contribution in [0.2, 0.25) is 10.0 Å². The van der Waals surface area contributed by atoms with Crippen LogP contribution in [0, 0.1) is 0 Å². The van der Waals surface area contributed by atoms with E-state index < -0.39 is 35.6 Å². The zero-order valence-corrected chi connectivity index (χ0v) is 21.5. The standard InChI is InChI=1S/C27H20Cl2F3NO5/c1-14(2)17-5-3-4-6-21(17)37-25-24(35)18-9-8-16(12-22(18)38-26(25)27(30,31)32)36-13-23(34)33-15-7-10-19(28)20(29)11-15/h3-12,14H,13H2,1-2H3,(H,33,34). The van der Waals surface area contributed by atoms with Crippen molar-refractivity contribution in [2.24, 2.45) is 0 Å². The number of alkyl halides is 3. The third-order valence-corrected chi connectivity index (χ3v) is 6.15. The average molecular weight is 566 g/mol. The van der Waals surface area contributed by atoms with E-state index in [1.54, 1.807) is 18.2 Å². The Morgan fingerprint density at radius 2 is 1.76 bits per heavy atom. The molecule has 3 aromatic carbocycles. The molecule has 1 N–H and O–H groups in total. The summed E-state index contributed by atoms with van der Waals surface area (Å²) in [5, 5.41) is 2.96. The third-order valence-electron chi connectivity index (χ3n) is 5.41. The van der Waals surface area contributed by atoms with Gasteiger partial charge in [-0.05, 0) is 47.9 Å². The summed E-state index contributed by atoms with van der Waals surface area (Å²) in [6.45, 7) is 3.22. The molecular weight excluding hydrogens is 546 g/mol. The summed E-state index contributed by atoms with van der Waals surface area (Å²) < 4.78 is 57.8. The summed E-state index contributed by atoms with van der Waals surface area (Å²) in [4.78, 5) is 25.3. The largest absolute Gasteiger partial charge is 0.484 e. The fourth-order valence-electron chi connectivity index (χ4n) is 3.61. The lowest BCUT2D eigenvalue weighted by atomic mass is 10.0. The summed E-state index contributed by atoms with van der Waals surface area (Å²) >= 11 is 11.8. The molecule has 4 rings (SSSR count). The van der Waals surface area contributed by atoms with E-state index in [9.17, 15) is 22.8 Å². The van der Waals surface area contributed by atoms with Gasteiger partial charge in [-0.15, -0.1) is 0 Å². The molecule has 0 radical (unpaired) electrons. The number of fused-ring (bicyclic) bond motifs is 1. The Kier molecular flexibility index (Phi) is 7.89. The number of carbonyl (C=O) groups excluding carboxylic acids is 1. The number of ether oxygens (including phenoxy) is 2. The van der Waals surface area contributed by atoms with Crippen LogP contribution >= 0.6 is 23.2 Å². The van der Waals surface area contributed by atoms with Gasteiger partial charge in [-0.25, -0.2) is 0 Å². The minimum Gasteiger partial charge on any atom is -0.484 e. The van der Waals surface area contributed by atoms with Crippen molar-refractivity contribution in [2.75, 3.05) is 11.9 Å². The molecule has 4 aromatic rings. The molecule has 0 atom stereocenters. The first-order valence-corrected chi connectivity index (χ1v) is 12.0. The van der Waals surface area contributed by atoms with Crippen LogP contribution in [0.3, 0.4) is 0 Å². The van der Waals surface area contributed by atoms with Crippen molar-refractivity contribution < 1.29 is 31.9 Å². The van der Waals surface area contributed by atoms with Crippen LogP contribution in [0.4, 0.5) is 18.9 Å². The molecule has 0 saturated carbocycles. The van der Waals surface area contributed by atoms with Gasteiger partial charge in [0.2, 0.25) is 11.2 Å². The number of hydrogen-bond acceptors (Lipinski definition) is 5. The number of amides is 1. The Morgan fingerprint density at radius 3 is 2.45 bits per heavy atom. The topological polar surface area (TPSA) is 77.8 Å². The van der Waals surface area contributed by atoms with Gasteiger partial charge in [-0.2, -0.15) is 13.2 Å². The lowest BCUT2D eigenvalue weighted by molar-refractivity contribution is -0.154. The van der Waals surface area contributed by atoms with Gasteiger partial charge in [0.1, 0.15) is 17.1 Å². The lowest BCUT2D eigenvalue weighted by Gasteiger charge is -2.16. The second-order valence-electron chi connectivity index (χ2n) is 8.51. The summed E-state index contributed by atoms with van der Waals surface area (Å²) in [6, 6.07) is 14.7. The van der Waals surface area contributed by atoms with Gasteiger partial charge in [-0.1, -0.05) is 55.2 Å². The van der Waals surface area contributed by atoms with Crippen molar-refractivity contribution >= 4 is 45.8 Å². The molecule has 0 aliphatic heterocycles. The van der Waals surface area contributed by atoms with Crippen LogP contribution in [0.15, 0.2) is 69.9 Å². The molecule has 0 spiro atoms. The number of nitrogens with one attached hydrogen (secondary N) is 1. The molecule has 0 aliphatic rings. The predicted octanol–water partition coefficient (Wildman–Crippen LogP) is 8.05. The van der Waals surface area contributed by atoms with Crippen LogP contribution in [0.5, 0.6) is 17.2 Å². The maximum Gasteiger partial charge on any atom is 0.453 e. The maximum atomic E-state index is 13.9. The van der Waals surface area contributed by atoms with Gasteiger partial charge >= 0.3 is 6.18 Å². The Hall–Kier alpha value is -3.69. The molecule has 38 heavy (non-hydrogen) atoms. The molecule has 1 amide bonds. The lowest BCUT2D eigenvalue weighted by Crippen LogP contribution is -2.20. The molecule has 6 nitrogen and oxygen atoms in total. The molecule has 0 unspecified atom stereocenters. The number of rotatable bonds is 7. The van der Waals surface area contributed by atoms with Crippen molar-refractivity contribution in [3.05, 3.63) is 92.3 Å². The number of anilines is 1. The maximum absolute atomic E-state index is 13.9. The van der Waals surface area contributed by atoms with Gasteiger partial charge in [0.25, 0.3) is 11.7 Å². The van der Waals surface area contributed by atoms with E-state index in [0.717, 1.165) is 6.07 Å². The molecule has 0 bridgehead atoms. The van der Waals surface area contributed by atoms with Crippen LogP contribution in [0.1, 0.15) is 31.1 Å². The van der Waals surface area contributed by atoms with Gasteiger partial charge in [0.15, 0.2) is 6.61 Å². The first-order chi connectivity index (χ1) is 17.9. The predicted molar refractivity (Wildman–Crippen MR) is 139 cm³/mol. The first kappa shape index (κ1) is 27.3. The SMILES string of the molecule is CC(C)c1ccccc1Oc1c(C(F)(F)F)oc2cc(OCC(=O)Nc3ccc(Cl)c(Cl)c3)ccc2c1=O. The van der Waals surface area contributed by atoms with E-state index in [1.165, 1.54) is 36.4 Å². The second kappa shape index (κ2) is 11.0. The fourth-order valence-corrected chi connectivity index (χ4v) is 3.90. The third kappa shape index (κ3) is 6.06. The van der Waals surface area contributed by atoms with Crippen molar-refractivity contribution in [1.29, 1.82) is 0 Å². The Morgan fingerprint density at radius 1 is 1.03 bits per heavy atom. The Balaban J connectivity index is 1.62. The smallest absolute Gasteiger partial charge is 0.453 e. The van der Waals surface area contributed by atoms with Gasteiger partial charge < -0.3 is 19.2 Å². The quantitative estimate of drug-likeness (QED) is 0.245. The Labute approximate surface area is 224 Å². The number of benzene rings is 3. The van der Waals surface area contributed by atoms with Crippen LogP contribution in [0.25, 0.3) is 11.0 Å². The fraction of sp³-hybridized carbons (Fsp3) is 0.185. The van der Waals surface area contributed by atoms with Gasteiger partial charge in [0.05, 0.1) is 15.4 Å². The molecule has 0 saturated heterocycles. The number of carbonyl (C=O) groups is 1. The van der Waals surface area contributed by atoms with E-state index in [4.69, 9.17) is 37.1 Å². The molecule has 0 fully saturated rings. The van der Waals surface area contributed by atoms with E-state index in [0.29, 0.717) is 16.3 Å². The van der Waals surface area contributed by atoms with Crippen molar-refractivity contribution in [3.63, 3.8) is 0 Å². The number of para-hydroxylation sites is 1. The summed E-state index contributed by atoms with van der Waals surface area (Å²) in [5.41, 5.74) is -0.378. The minimum absolute atomic E-state index is 0.0110. The summed E-state index contributed by atoms with van der Waals surface area (Å²) in [7, 11) is 0. The van der Waals surface area contributed by atoms with Crippen molar-refractivity contribution in [2.45, 2.75) is 25.9 Å². The van der Waals surface area contributed by atoms with Crippen molar-refractivity contribution in [1.82, 2.24) is 0 Å². The van der Waals surface area contributed by atoms with Crippen molar-refractivity contribution in [3.8, 4) is 17.2 Å². The monoisotopic (exact) mass is 565 g/mol. The van der Waals surface area contributed by atoms with E-state index in [-0.39, 0.29) is 33.4 Å². The highest BCUT2D eigenvalue weighted by molar-refractivity contribution is 6.42. The summed E-state index contributed by atoms with van der Waals surface area (Å²) in [5.74, 6) is -3.05. The first-order valence-electron chi connectivity index (χ1n) is 11.3. The van der Waals surface area contributed by atoms with Gasteiger partial charge in [-0.3, -0.25) is 9.59 Å². The zero-order valence-electron chi connectivity index (χ0n) is 20.0. The molecule has 0 aliphatic carbocycles. The number of hydrogen-bond donors (Lipinski definition) is 1. The zero-order chi connectivity index (χ0) is 27.6. The summed E-state index contributed by atoms with van der Waals surface area (Å²) in [6.07, 6.45) is -5.02. The van der Waals surface area contributed by atoms with E-state index in [2.05, 4.69) is 5.32 Å².